The first-order valence-electron chi connectivity index (χ1n) is 5.98. The fraction of sp³-hybridized carbons (Fsp3) is 0.0714. The maximum atomic E-state index is 12.0. The molecule has 0 amide bonds. The average Bonchev–Trinajstić information content (AvgIpc) is 2.43. The number of anilines is 1. The average molecular weight is 269 g/mol. The Morgan fingerprint density at radius 2 is 1.95 bits per heavy atom. The molecule has 0 atom stereocenters. The van der Waals surface area contributed by atoms with Gasteiger partial charge in [-0.2, -0.15) is 5.10 Å². The predicted molar refractivity (Wildman–Crippen MR) is 75.6 cm³/mol. The summed E-state index contributed by atoms with van der Waals surface area (Å²) in [5, 5.41) is 15.3. The summed E-state index contributed by atoms with van der Waals surface area (Å²) in [7, 11) is 0. The van der Waals surface area contributed by atoms with Crippen LogP contribution in [0.15, 0.2) is 41.2 Å². The van der Waals surface area contributed by atoms with Crippen molar-refractivity contribution in [1.82, 2.24) is 9.78 Å². The molecule has 0 radical (unpaired) electrons. The first kappa shape index (κ1) is 12.2. The Morgan fingerprint density at radius 1 is 1.20 bits per heavy atom. The van der Waals surface area contributed by atoms with Crippen LogP contribution >= 0.6 is 0 Å². The van der Waals surface area contributed by atoms with Crippen LogP contribution in [0.2, 0.25) is 0 Å². The Bertz CT molecular complexity index is 899. The number of hydrogen-bond acceptors (Lipinski definition) is 4. The van der Waals surface area contributed by atoms with E-state index in [0.29, 0.717) is 10.9 Å². The lowest BCUT2D eigenvalue weighted by atomic mass is 10.1. The molecule has 1 aromatic heterocycles. The van der Waals surface area contributed by atoms with Gasteiger partial charge in [0.25, 0.3) is 5.56 Å². The van der Waals surface area contributed by atoms with Crippen LogP contribution in [0.1, 0.15) is 0 Å². The number of rotatable bonds is 2. The van der Waals surface area contributed by atoms with E-state index in [4.69, 9.17) is 10.8 Å². The highest BCUT2D eigenvalue weighted by Gasteiger charge is 2.12. The number of nitrogens with two attached hydrogens (primary N) is 1. The Labute approximate surface area is 113 Å². The van der Waals surface area contributed by atoms with Gasteiger partial charge in [0.1, 0.15) is 17.7 Å². The van der Waals surface area contributed by atoms with E-state index in [2.05, 4.69) is 5.10 Å². The van der Waals surface area contributed by atoms with Crippen molar-refractivity contribution in [2.75, 3.05) is 5.73 Å². The molecule has 1 heterocycles. The van der Waals surface area contributed by atoms with Gasteiger partial charge >= 0.3 is 5.97 Å². The summed E-state index contributed by atoms with van der Waals surface area (Å²) in [5.74, 6) is -1.14. The van der Waals surface area contributed by atoms with Gasteiger partial charge in [0.2, 0.25) is 0 Å². The van der Waals surface area contributed by atoms with Gasteiger partial charge in [-0.25, -0.2) is 4.68 Å². The topological polar surface area (TPSA) is 98.2 Å². The Morgan fingerprint density at radius 3 is 2.70 bits per heavy atom. The molecule has 3 aromatic rings. The lowest BCUT2D eigenvalue weighted by Gasteiger charge is -2.08. The molecular weight excluding hydrogens is 258 g/mol. The van der Waals surface area contributed by atoms with E-state index in [1.807, 2.05) is 30.3 Å². The van der Waals surface area contributed by atoms with E-state index < -0.39 is 18.1 Å². The minimum atomic E-state index is -1.14. The Hall–Kier alpha value is -2.89. The van der Waals surface area contributed by atoms with E-state index in [9.17, 15) is 9.59 Å². The molecule has 20 heavy (non-hydrogen) atoms. The number of nitrogens with zero attached hydrogens (tertiary/aromatic N) is 2. The molecule has 6 heteroatoms. The Balaban J connectivity index is 2.45. The van der Waals surface area contributed by atoms with Crippen molar-refractivity contribution in [3.8, 4) is 0 Å². The molecule has 0 bridgehead atoms. The molecule has 0 aliphatic carbocycles. The summed E-state index contributed by atoms with van der Waals surface area (Å²) in [5.41, 5.74) is 5.78. The van der Waals surface area contributed by atoms with Crippen LogP contribution in [-0.4, -0.2) is 20.9 Å². The number of aromatic nitrogens is 2. The van der Waals surface area contributed by atoms with Gasteiger partial charge < -0.3 is 10.8 Å². The summed E-state index contributed by atoms with van der Waals surface area (Å²) in [6.07, 6.45) is 0. The molecule has 0 saturated carbocycles. The summed E-state index contributed by atoms with van der Waals surface area (Å²) < 4.78 is 0.881. The molecule has 3 N–H and O–H groups in total. The first-order chi connectivity index (χ1) is 9.58. The normalized spacial score (nSPS) is 11.0. The van der Waals surface area contributed by atoms with E-state index >= 15 is 0 Å². The van der Waals surface area contributed by atoms with Gasteiger partial charge in [-0.15, -0.1) is 0 Å². The molecule has 0 aliphatic rings. The third kappa shape index (κ3) is 1.78. The van der Waals surface area contributed by atoms with Crippen molar-refractivity contribution >= 4 is 33.3 Å². The van der Waals surface area contributed by atoms with Crippen LogP contribution in [-0.2, 0) is 11.3 Å². The van der Waals surface area contributed by atoms with Crippen molar-refractivity contribution in [3.05, 3.63) is 46.8 Å². The number of carboxylic acid groups (broad SMARTS) is 1. The van der Waals surface area contributed by atoms with E-state index in [1.165, 1.54) is 0 Å². The zero-order valence-electron chi connectivity index (χ0n) is 10.4. The van der Waals surface area contributed by atoms with Gasteiger partial charge in [-0.3, -0.25) is 9.59 Å². The maximum absolute atomic E-state index is 12.0. The fourth-order valence-electron chi connectivity index (χ4n) is 2.24. The van der Waals surface area contributed by atoms with Crippen molar-refractivity contribution < 1.29 is 9.90 Å². The van der Waals surface area contributed by atoms with Crippen LogP contribution < -0.4 is 11.3 Å². The number of hydrogen-bond donors (Lipinski definition) is 2. The van der Waals surface area contributed by atoms with Gasteiger partial charge in [0.15, 0.2) is 0 Å². The highest BCUT2D eigenvalue weighted by atomic mass is 16.4. The highest BCUT2D eigenvalue weighted by Crippen LogP contribution is 2.25. The zero-order chi connectivity index (χ0) is 14.3. The van der Waals surface area contributed by atoms with Gasteiger partial charge in [0.05, 0.1) is 0 Å². The highest BCUT2D eigenvalue weighted by molar-refractivity contribution is 6.08. The van der Waals surface area contributed by atoms with Crippen LogP contribution in [0.25, 0.3) is 21.7 Å². The summed E-state index contributed by atoms with van der Waals surface area (Å²) in [6, 6.07) is 11.1. The van der Waals surface area contributed by atoms with E-state index in [0.717, 1.165) is 15.5 Å². The molecule has 0 spiro atoms. The van der Waals surface area contributed by atoms with E-state index in [1.54, 1.807) is 6.07 Å². The number of fused-ring (bicyclic) bond motifs is 3. The summed E-state index contributed by atoms with van der Waals surface area (Å²) >= 11 is 0. The predicted octanol–water partition coefficient (Wildman–Crippen LogP) is 1.22. The minimum Gasteiger partial charge on any atom is -0.480 e. The molecule has 6 nitrogen and oxygen atoms in total. The molecule has 0 aliphatic heterocycles. The standard InChI is InChI=1S/C14H11N3O3/c15-12-10-6-5-8-3-1-2-4-9(8)13(10)16-17(14(12)20)7-11(18)19/h1-6H,7,15H2,(H,18,19). The quantitative estimate of drug-likeness (QED) is 0.681. The van der Waals surface area contributed by atoms with Crippen LogP contribution in [0.5, 0.6) is 0 Å². The fourth-order valence-corrected chi connectivity index (χ4v) is 2.24. The Kier molecular flexibility index (Phi) is 2.64. The van der Waals surface area contributed by atoms with Crippen LogP contribution in [0.4, 0.5) is 5.69 Å². The lowest BCUT2D eigenvalue weighted by molar-refractivity contribution is -0.137. The van der Waals surface area contributed by atoms with Gasteiger partial charge in [0, 0.05) is 10.8 Å². The second-order valence-corrected chi connectivity index (χ2v) is 4.45. The number of carboxylic acids is 1. The second-order valence-electron chi connectivity index (χ2n) is 4.45. The summed E-state index contributed by atoms with van der Waals surface area (Å²) in [6.45, 7) is -0.512. The third-order valence-corrected chi connectivity index (χ3v) is 3.16. The largest absolute Gasteiger partial charge is 0.480 e. The van der Waals surface area contributed by atoms with Crippen molar-refractivity contribution in [3.63, 3.8) is 0 Å². The van der Waals surface area contributed by atoms with Gasteiger partial charge in [-0.05, 0) is 11.5 Å². The smallest absolute Gasteiger partial charge is 0.325 e. The first-order valence-corrected chi connectivity index (χ1v) is 5.98. The molecular formula is C14H11N3O3. The molecule has 2 aromatic carbocycles. The molecule has 100 valence electrons. The molecule has 0 saturated heterocycles. The van der Waals surface area contributed by atoms with Crippen LogP contribution in [0.3, 0.4) is 0 Å². The van der Waals surface area contributed by atoms with E-state index in [-0.39, 0.29) is 5.69 Å². The van der Waals surface area contributed by atoms with Gasteiger partial charge in [-0.1, -0.05) is 30.3 Å². The maximum Gasteiger partial charge on any atom is 0.325 e. The number of carbonyl (C=O) groups is 1. The third-order valence-electron chi connectivity index (χ3n) is 3.16. The van der Waals surface area contributed by atoms with Crippen molar-refractivity contribution in [2.24, 2.45) is 0 Å². The molecule has 0 unspecified atom stereocenters. The number of nitrogen functional groups attached to an aromatic ring is 1. The van der Waals surface area contributed by atoms with Crippen LogP contribution in [0, 0.1) is 0 Å². The van der Waals surface area contributed by atoms with Crippen molar-refractivity contribution in [1.29, 1.82) is 0 Å². The summed E-state index contributed by atoms with van der Waals surface area (Å²) in [4.78, 5) is 22.8. The van der Waals surface area contributed by atoms with Crippen molar-refractivity contribution in [2.45, 2.75) is 6.54 Å². The number of benzene rings is 2. The monoisotopic (exact) mass is 269 g/mol. The molecule has 0 fully saturated rings. The molecule has 3 rings (SSSR count). The lowest BCUT2D eigenvalue weighted by Crippen LogP contribution is -2.28. The second kappa shape index (κ2) is 4.34. The number of aliphatic carboxylic acids is 1. The minimum absolute atomic E-state index is 0.0157. The SMILES string of the molecule is Nc1c(=O)n(CC(=O)O)nc2c1ccc1ccccc12. The zero-order valence-corrected chi connectivity index (χ0v) is 10.4.